The van der Waals surface area contributed by atoms with Crippen LogP contribution in [-0.2, 0) is 6.61 Å². The van der Waals surface area contributed by atoms with E-state index in [1.54, 1.807) is 23.0 Å². The smallest absolute Gasteiger partial charge is 0.163 e. The summed E-state index contributed by atoms with van der Waals surface area (Å²) in [5.41, 5.74) is 3.67. The van der Waals surface area contributed by atoms with E-state index < -0.39 is 0 Å². The van der Waals surface area contributed by atoms with Crippen molar-refractivity contribution in [3.8, 4) is 11.3 Å². The van der Waals surface area contributed by atoms with Gasteiger partial charge in [0.15, 0.2) is 5.65 Å². The highest BCUT2D eigenvalue weighted by Gasteiger charge is 2.12. The Morgan fingerprint density at radius 2 is 2.12 bits per heavy atom. The van der Waals surface area contributed by atoms with Gasteiger partial charge in [-0.1, -0.05) is 36.9 Å². The van der Waals surface area contributed by atoms with Gasteiger partial charge in [0.05, 0.1) is 24.2 Å². The molecule has 0 fully saturated rings. The van der Waals surface area contributed by atoms with Crippen LogP contribution in [0.5, 0.6) is 0 Å². The Labute approximate surface area is 139 Å². The highest BCUT2D eigenvalue weighted by molar-refractivity contribution is 5.68. The molecule has 2 aromatic heterocycles. The molecule has 6 heteroatoms. The van der Waals surface area contributed by atoms with Gasteiger partial charge in [0.25, 0.3) is 0 Å². The minimum absolute atomic E-state index is 0.132. The summed E-state index contributed by atoms with van der Waals surface area (Å²) in [5.74, 6) is 0.688. The first-order chi connectivity index (χ1) is 11.8. The summed E-state index contributed by atoms with van der Waals surface area (Å²) in [6.45, 7) is 7.07. The Balaban J connectivity index is 2.19. The Morgan fingerprint density at radius 3 is 2.79 bits per heavy atom. The number of hydrogen-bond donors (Lipinski definition) is 2. The van der Waals surface area contributed by atoms with E-state index in [4.69, 9.17) is 0 Å². The SMILES string of the molecule is C=C/C(=C\N=C)Nc1cc(-c2ccccc2)nc2c(CO)cnn12. The topological polar surface area (TPSA) is 74.8 Å². The van der Waals surface area contributed by atoms with Crippen molar-refractivity contribution < 1.29 is 5.11 Å². The molecule has 0 aliphatic carbocycles. The maximum Gasteiger partial charge on any atom is 0.163 e. The molecule has 6 nitrogen and oxygen atoms in total. The molecule has 2 heterocycles. The molecule has 0 saturated carbocycles. The first kappa shape index (κ1) is 15.6. The zero-order valence-electron chi connectivity index (χ0n) is 13.1. The van der Waals surface area contributed by atoms with Crippen molar-refractivity contribution in [3.05, 3.63) is 72.7 Å². The summed E-state index contributed by atoms with van der Waals surface area (Å²) >= 11 is 0. The van der Waals surface area contributed by atoms with Gasteiger partial charge >= 0.3 is 0 Å². The molecule has 3 rings (SSSR count). The van der Waals surface area contributed by atoms with Gasteiger partial charge < -0.3 is 10.4 Å². The number of hydrogen-bond acceptors (Lipinski definition) is 5. The number of aliphatic hydroxyl groups excluding tert-OH is 1. The van der Waals surface area contributed by atoms with Crippen molar-refractivity contribution >= 4 is 18.2 Å². The molecule has 0 unspecified atom stereocenters. The van der Waals surface area contributed by atoms with E-state index in [0.717, 1.165) is 11.3 Å². The minimum Gasteiger partial charge on any atom is -0.391 e. The monoisotopic (exact) mass is 319 g/mol. The summed E-state index contributed by atoms with van der Waals surface area (Å²) in [7, 11) is 0. The Kier molecular flexibility index (Phi) is 4.49. The molecule has 0 bridgehead atoms. The molecule has 0 atom stereocenters. The maximum atomic E-state index is 9.52. The predicted octanol–water partition coefficient (Wildman–Crippen LogP) is 3.03. The third kappa shape index (κ3) is 2.95. The molecule has 2 N–H and O–H groups in total. The normalized spacial score (nSPS) is 11.5. The maximum absolute atomic E-state index is 9.52. The standard InChI is InChI=1S/C18H17N5O/c1-3-15(11-19-2)21-17-9-16(13-7-5-4-6-8-13)22-18-14(12-24)10-20-23(17)18/h3-11,21,24H,1-2,12H2/b15-11+. The van der Waals surface area contributed by atoms with Crippen LogP contribution < -0.4 is 5.32 Å². The molecular formula is C18H17N5O. The second-order valence-corrected chi connectivity index (χ2v) is 5.05. The number of nitrogens with zero attached hydrogens (tertiary/aromatic N) is 4. The quantitative estimate of drug-likeness (QED) is 0.541. The zero-order valence-corrected chi connectivity index (χ0v) is 13.1. The highest BCUT2D eigenvalue weighted by atomic mass is 16.3. The lowest BCUT2D eigenvalue weighted by atomic mass is 10.1. The van der Waals surface area contributed by atoms with Crippen LogP contribution in [0.3, 0.4) is 0 Å². The number of aromatic nitrogens is 3. The second-order valence-electron chi connectivity index (χ2n) is 5.05. The second kappa shape index (κ2) is 6.89. The third-order valence-electron chi connectivity index (χ3n) is 3.51. The average Bonchev–Trinajstić information content (AvgIpc) is 3.05. The van der Waals surface area contributed by atoms with Gasteiger partial charge in [-0.25, -0.2) is 4.98 Å². The van der Waals surface area contributed by atoms with Crippen LogP contribution in [0.1, 0.15) is 5.56 Å². The van der Waals surface area contributed by atoms with E-state index in [0.29, 0.717) is 22.7 Å². The third-order valence-corrected chi connectivity index (χ3v) is 3.51. The number of allylic oxidation sites excluding steroid dienone is 1. The number of fused-ring (bicyclic) bond motifs is 1. The van der Waals surface area contributed by atoms with Gasteiger partial charge in [-0.3, -0.25) is 4.99 Å². The number of nitrogens with one attached hydrogen (secondary N) is 1. The summed E-state index contributed by atoms with van der Waals surface area (Å²) in [5, 5.41) is 17.0. The van der Waals surface area contributed by atoms with Gasteiger partial charge in [0, 0.05) is 23.4 Å². The average molecular weight is 319 g/mol. The molecule has 0 aliphatic rings. The number of anilines is 1. The lowest BCUT2D eigenvalue weighted by Gasteiger charge is -2.11. The van der Waals surface area contributed by atoms with Gasteiger partial charge in [0.1, 0.15) is 5.82 Å². The lowest BCUT2D eigenvalue weighted by molar-refractivity contribution is 0.283. The summed E-state index contributed by atoms with van der Waals surface area (Å²) in [4.78, 5) is 8.39. The molecule has 1 aromatic carbocycles. The van der Waals surface area contributed by atoms with E-state index in [-0.39, 0.29) is 6.61 Å². The van der Waals surface area contributed by atoms with Crippen LogP contribution in [0.15, 0.2) is 72.1 Å². The molecular weight excluding hydrogens is 302 g/mol. The van der Waals surface area contributed by atoms with E-state index in [1.165, 1.54) is 0 Å². The van der Waals surface area contributed by atoms with Gasteiger partial charge in [-0.15, -0.1) is 0 Å². The minimum atomic E-state index is -0.132. The molecule has 0 radical (unpaired) electrons. The van der Waals surface area contributed by atoms with Crippen molar-refractivity contribution in [3.63, 3.8) is 0 Å². The van der Waals surface area contributed by atoms with Gasteiger partial charge in [-0.2, -0.15) is 9.61 Å². The first-order valence-electron chi connectivity index (χ1n) is 7.36. The van der Waals surface area contributed by atoms with E-state index in [1.807, 2.05) is 36.4 Å². The van der Waals surface area contributed by atoms with Crippen molar-refractivity contribution in [2.24, 2.45) is 4.99 Å². The lowest BCUT2D eigenvalue weighted by Crippen LogP contribution is -2.05. The fourth-order valence-electron chi connectivity index (χ4n) is 2.35. The van der Waals surface area contributed by atoms with Crippen LogP contribution in [0, 0.1) is 0 Å². The van der Waals surface area contributed by atoms with E-state index in [9.17, 15) is 5.11 Å². The van der Waals surface area contributed by atoms with E-state index >= 15 is 0 Å². The van der Waals surface area contributed by atoms with Crippen LogP contribution in [0.25, 0.3) is 16.9 Å². The number of aliphatic imine (C=N–C) groups is 1. The van der Waals surface area contributed by atoms with Crippen LogP contribution in [0.4, 0.5) is 5.82 Å². The molecule has 0 saturated heterocycles. The molecule has 24 heavy (non-hydrogen) atoms. The molecule has 3 aromatic rings. The fourth-order valence-corrected chi connectivity index (χ4v) is 2.35. The molecule has 0 spiro atoms. The summed E-state index contributed by atoms with van der Waals surface area (Å²) < 4.78 is 1.64. The van der Waals surface area contributed by atoms with Crippen LogP contribution >= 0.6 is 0 Å². The van der Waals surface area contributed by atoms with Crippen LogP contribution in [0.2, 0.25) is 0 Å². The Morgan fingerprint density at radius 1 is 1.33 bits per heavy atom. The number of benzene rings is 1. The largest absolute Gasteiger partial charge is 0.391 e. The Bertz CT molecular complexity index is 912. The highest BCUT2D eigenvalue weighted by Crippen LogP contribution is 2.24. The number of aliphatic hydroxyl groups is 1. The fraction of sp³-hybridized carbons (Fsp3) is 0.0556. The van der Waals surface area contributed by atoms with Crippen LogP contribution in [-0.4, -0.2) is 26.4 Å². The first-order valence-corrected chi connectivity index (χ1v) is 7.36. The Hall–Kier alpha value is -3.25. The zero-order chi connectivity index (χ0) is 16.9. The van der Waals surface area contributed by atoms with Crippen molar-refractivity contribution in [1.82, 2.24) is 14.6 Å². The molecule has 0 aliphatic heterocycles. The summed E-state index contributed by atoms with van der Waals surface area (Å²) in [6.07, 6.45) is 4.81. The molecule has 120 valence electrons. The van der Waals surface area contributed by atoms with Crippen molar-refractivity contribution in [1.29, 1.82) is 0 Å². The van der Waals surface area contributed by atoms with E-state index in [2.05, 4.69) is 33.7 Å². The van der Waals surface area contributed by atoms with Gasteiger partial charge in [0.2, 0.25) is 0 Å². The molecule has 0 amide bonds. The number of rotatable bonds is 6. The van der Waals surface area contributed by atoms with Crippen molar-refractivity contribution in [2.45, 2.75) is 6.61 Å². The van der Waals surface area contributed by atoms with Crippen molar-refractivity contribution in [2.75, 3.05) is 5.32 Å². The van der Waals surface area contributed by atoms with Gasteiger partial charge in [-0.05, 0) is 12.8 Å². The summed E-state index contributed by atoms with van der Waals surface area (Å²) in [6, 6.07) is 11.7. The predicted molar refractivity (Wildman–Crippen MR) is 95.8 cm³/mol.